The van der Waals surface area contributed by atoms with Gasteiger partial charge in [0.15, 0.2) is 5.78 Å². The SMILES string of the molecule is COc1nc2ccc(C(C)=O)cc2c(Cl)c1Cc1ccc(C(F)(F)F)nc1. The average Bonchev–Trinajstić information content (AvgIpc) is 2.63. The highest BCUT2D eigenvalue weighted by Crippen LogP contribution is 2.35. The Morgan fingerprint density at radius 1 is 1.22 bits per heavy atom. The second kappa shape index (κ2) is 7.15. The number of aromatic nitrogens is 2. The number of carbonyl (C=O) groups is 1. The molecule has 2 aromatic heterocycles. The van der Waals surface area contributed by atoms with E-state index in [9.17, 15) is 18.0 Å². The topological polar surface area (TPSA) is 52.1 Å². The molecule has 0 N–H and O–H groups in total. The second-order valence-corrected chi connectivity index (χ2v) is 6.31. The van der Waals surface area contributed by atoms with E-state index in [1.807, 2.05) is 0 Å². The highest BCUT2D eigenvalue weighted by Gasteiger charge is 2.32. The summed E-state index contributed by atoms with van der Waals surface area (Å²) in [7, 11) is 1.43. The molecule has 0 saturated heterocycles. The number of nitrogens with zero attached hydrogens (tertiary/aromatic N) is 2. The minimum atomic E-state index is -4.50. The van der Waals surface area contributed by atoms with Gasteiger partial charge in [0.25, 0.3) is 0 Å². The Balaban J connectivity index is 2.07. The summed E-state index contributed by atoms with van der Waals surface area (Å²) in [5.41, 5.74) is 1.10. The second-order valence-electron chi connectivity index (χ2n) is 5.93. The first-order valence-corrected chi connectivity index (χ1v) is 8.27. The van der Waals surface area contributed by atoms with E-state index in [2.05, 4.69) is 9.97 Å². The Morgan fingerprint density at radius 2 is 1.96 bits per heavy atom. The number of methoxy groups -OCH3 is 1. The number of hydrogen-bond acceptors (Lipinski definition) is 4. The van der Waals surface area contributed by atoms with Crippen LogP contribution in [0.2, 0.25) is 5.02 Å². The van der Waals surface area contributed by atoms with Gasteiger partial charge < -0.3 is 4.74 Å². The number of hydrogen-bond donors (Lipinski definition) is 0. The van der Waals surface area contributed by atoms with Gasteiger partial charge in [-0.05, 0) is 36.8 Å². The number of ether oxygens (including phenoxy) is 1. The van der Waals surface area contributed by atoms with Crippen LogP contribution in [0.5, 0.6) is 5.88 Å². The number of pyridine rings is 2. The van der Waals surface area contributed by atoms with Crippen LogP contribution in [0, 0.1) is 0 Å². The van der Waals surface area contributed by atoms with Crippen LogP contribution >= 0.6 is 11.6 Å². The molecular formula is C19H14ClF3N2O2. The van der Waals surface area contributed by atoms with Crippen LogP contribution in [0.4, 0.5) is 13.2 Å². The molecule has 2 heterocycles. The van der Waals surface area contributed by atoms with Gasteiger partial charge in [-0.1, -0.05) is 17.7 Å². The minimum Gasteiger partial charge on any atom is -0.481 e. The number of Topliss-reactive ketones (excluding diaryl/α,β-unsaturated/α-hetero) is 1. The van der Waals surface area contributed by atoms with E-state index in [0.29, 0.717) is 32.6 Å². The molecule has 0 fully saturated rings. The van der Waals surface area contributed by atoms with Gasteiger partial charge in [-0.2, -0.15) is 13.2 Å². The summed E-state index contributed by atoms with van der Waals surface area (Å²) in [6.07, 6.45) is -3.17. The molecule has 0 atom stereocenters. The minimum absolute atomic E-state index is 0.114. The van der Waals surface area contributed by atoms with Crippen LogP contribution in [0.25, 0.3) is 10.9 Å². The molecule has 140 valence electrons. The monoisotopic (exact) mass is 394 g/mol. The molecule has 3 rings (SSSR count). The van der Waals surface area contributed by atoms with Crippen molar-refractivity contribution in [2.75, 3.05) is 7.11 Å². The van der Waals surface area contributed by atoms with E-state index in [0.717, 1.165) is 12.3 Å². The number of rotatable bonds is 4. The summed E-state index contributed by atoms with van der Waals surface area (Å²) >= 11 is 6.52. The average molecular weight is 395 g/mol. The van der Waals surface area contributed by atoms with E-state index < -0.39 is 11.9 Å². The van der Waals surface area contributed by atoms with Gasteiger partial charge in [0.05, 0.1) is 17.6 Å². The smallest absolute Gasteiger partial charge is 0.433 e. The first-order valence-electron chi connectivity index (χ1n) is 7.90. The fourth-order valence-electron chi connectivity index (χ4n) is 2.68. The molecule has 3 aromatic rings. The predicted molar refractivity (Wildman–Crippen MR) is 95.4 cm³/mol. The lowest BCUT2D eigenvalue weighted by Gasteiger charge is -2.13. The summed E-state index contributed by atoms with van der Waals surface area (Å²) < 4.78 is 43.3. The molecule has 0 amide bonds. The molecule has 8 heteroatoms. The summed E-state index contributed by atoms with van der Waals surface area (Å²) in [5.74, 6) is 0.153. The number of carbonyl (C=O) groups excluding carboxylic acids is 1. The Labute approximate surface area is 158 Å². The van der Waals surface area contributed by atoms with Crippen LogP contribution in [0.1, 0.15) is 34.1 Å². The molecule has 0 saturated carbocycles. The predicted octanol–water partition coefficient (Wildman–Crippen LogP) is 5.10. The normalized spacial score (nSPS) is 11.6. The summed E-state index contributed by atoms with van der Waals surface area (Å²) in [5, 5.41) is 0.903. The molecular weight excluding hydrogens is 381 g/mol. The van der Waals surface area contributed by atoms with Crippen molar-refractivity contribution < 1.29 is 22.7 Å². The van der Waals surface area contributed by atoms with E-state index >= 15 is 0 Å². The summed E-state index contributed by atoms with van der Waals surface area (Å²) in [6.45, 7) is 1.45. The third kappa shape index (κ3) is 3.88. The lowest BCUT2D eigenvalue weighted by atomic mass is 10.0. The molecule has 27 heavy (non-hydrogen) atoms. The van der Waals surface area contributed by atoms with Crippen LogP contribution in [-0.4, -0.2) is 22.9 Å². The Bertz CT molecular complexity index is 1020. The van der Waals surface area contributed by atoms with E-state index in [1.165, 1.54) is 20.1 Å². The lowest BCUT2D eigenvalue weighted by molar-refractivity contribution is -0.141. The van der Waals surface area contributed by atoms with Crippen LogP contribution < -0.4 is 4.74 Å². The third-order valence-corrected chi connectivity index (χ3v) is 4.51. The molecule has 0 spiro atoms. The molecule has 0 aliphatic rings. The maximum atomic E-state index is 12.7. The van der Waals surface area contributed by atoms with Gasteiger partial charge in [0.1, 0.15) is 5.69 Å². The first-order chi connectivity index (χ1) is 12.7. The van der Waals surface area contributed by atoms with Crippen molar-refractivity contribution >= 4 is 28.3 Å². The van der Waals surface area contributed by atoms with Crippen molar-refractivity contribution in [2.45, 2.75) is 19.5 Å². The van der Waals surface area contributed by atoms with Gasteiger partial charge in [0.2, 0.25) is 5.88 Å². The molecule has 0 unspecified atom stereocenters. The molecule has 0 aliphatic carbocycles. The summed E-state index contributed by atoms with van der Waals surface area (Å²) in [4.78, 5) is 19.5. The van der Waals surface area contributed by atoms with E-state index in [-0.39, 0.29) is 18.1 Å². The molecule has 0 radical (unpaired) electrons. The number of fused-ring (bicyclic) bond motifs is 1. The van der Waals surface area contributed by atoms with E-state index in [1.54, 1.807) is 18.2 Å². The number of benzene rings is 1. The fourth-order valence-corrected chi connectivity index (χ4v) is 2.98. The Hall–Kier alpha value is -2.67. The van der Waals surface area contributed by atoms with Gasteiger partial charge in [-0.15, -0.1) is 0 Å². The molecule has 4 nitrogen and oxygen atoms in total. The summed E-state index contributed by atoms with van der Waals surface area (Å²) in [6, 6.07) is 7.21. The molecule has 0 aliphatic heterocycles. The fraction of sp³-hybridized carbons (Fsp3) is 0.211. The lowest BCUT2D eigenvalue weighted by Crippen LogP contribution is -2.08. The van der Waals surface area contributed by atoms with Gasteiger partial charge in [-0.3, -0.25) is 9.78 Å². The van der Waals surface area contributed by atoms with Crippen molar-refractivity contribution in [1.82, 2.24) is 9.97 Å². The van der Waals surface area contributed by atoms with Crippen molar-refractivity contribution in [3.63, 3.8) is 0 Å². The molecule has 0 bridgehead atoms. The molecule has 1 aromatic carbocycles. The van der Waals surface area contributed by atoms with Gasteiger partial charge in [0, 0.05) is 29.1 Å². The maximum Gasteiger partial charge on any atom is 0.433 e. The first kappa shape index (κ1) is 19.1. The zero-order chi connectivity index (χ0) is 19.8. The third-order valence-electron chi connectivity index (χ3n) is 4.07. The maximum absolute atomic E-state index is 12.7. The van der Waals surface area contributed by atoms with E-state index in [4.69, 9.17) is 16.3 Å². The van der Waals surface area contributed by atoms with Crippen LogP contribution in [0.15, 0.2) is 36.5 Å². The largest absolute Gasteiger partial charge is 0.481 e. The highest BCUT2D eigenvalue weighted by atomic mass is 35.5. The highest BCUT2D eigenvalue weighted by molar-refractivity contribution is 6.36. The quantitative estimate of drug-likeness (QED) is 0.577. The Morgan fingerprint density at radius 3 is 2.52 bits per heavy atom. The number of alkyl halides is 3. The Kier molecular flexibility index (Phi) is 5.06. The van der Waals surface area contributed by atoms with Crippen molar-refractivity contribution in [3.8, 4) is 5.88 Å². The van der Waals surface area contributed by atoms with Crippen LogP contribution in [0.3, 0.4) is 0 Å². The van der Waals surface area contributed by atoms with Crippen molar-refractivity contribution in [2.24, 2.45) is 0 Å². The standard InChI is InChI=1S/C19H14ClF3N2O2/c1-10(26)12-4-5-15-13(8-12)17(20)14(18(25-15)27-2)7-11-3-6-16(24-9-11)19(21,22)23/h3-6,8-9H,7H2,1-2H3. The van der Waals surface area contributed by atoms with Crippen molar-refractivity contribution in [1.29, 1.82) is 0 Å². The zero-order valence-corrected chi connectivity index (χ0v) is 15.1. The zero-order valence-electron chi connectivity index (χ0n) is 14.4. The van der Waals surface area contributed by atoms with Gasteiger partial charge in [-0.25, -0.2) is 4.98 Å². The van der Waals surface area contributed by atoms with Crippen molar-refractivity contribution in [3.05, 3.63) is 63.9 Å². The number of ketones is 1. The number of halogens is 4. The van der Waals surface area contributed by atoms with Crippen LogP contribution in [-0.2, 0) is 12.6 Å². The van der Waals surface area contributed by atoms with Gasteiger partial charge >= 0.3 is 6.18 Å².